The largest absolute Gasteiger partial charge is 0.444 e. The molecule has 2 heterocycles. The van der Waals surface area contributed by atoms with Crippen molar-refractivity contribution in [2.24, 2.45) is 0 Å². The third-order valence-corrected chi connectivity index (χ3v) is 5.48. The van der Waals surface area contributed by atoms with E-state index in [9.17, 15) is 4.79 Å². The van der Waals surface area contributed by atoms with E-state index in [0.717, 1.165) is 35.4 Å². The third-order valence-electron chi connectivity index (χ3n) is 5.48. The van der Waals surface area contributed by atoms with Crippen molar-refractivity contribution >= 4 is 23.1 Å². The van der Waals surface area contributed by atoms with Crippen LogP contribution in [0.25, 0.3) is 11.0 Å². The van der Waals surface area contributed by atoms with Crippen LogP contribution in [0.15, 0.2) is 48.5 Å². The van der Waals surface area contributed by atoms with Crippen molar-refractivity contribution in [2.45, 2.75) is 51.8 Å². The number of likely N-dealkylation sites (tertiary alicyclic amines) is 1. The lowest BCUT2D eigenvalue weighted by molar-refractivity contribution is 0.0206. The number of nitriles is 1. The second-order valence-corrected chi connectivity index (χ2v) is 9.23. The summed E-state index contributed by atoms with van der Waals surface area (Å²) in [7, 11) is 0. The topological polar surface area (TPSA) is 83.2 Å². The van der Waals surface area contributed by atoms with Crippen molar-refractivity contribution in [3.63, 3.8) is 0 Å². The number of ether oxygens (including phenoxy) is 1. The van der Waals surface area contributed by atoms with Crippen molar-refractivity contribution in [3.05, 3.63) is 59.7 Å². The van der Waals surface area contributed by atoms with Gasteiger partial charge < -0.3 is 19.5 Å². The number of hydrogen-bond donors (Lipinski definition) is 1. The number of rotatable bonds is 4. The highest BCUT2D eigenvalue weighted by Gasteiger charge is 2.28. The van der Waals surface area contributed by atoms with Crippen LogP contribution in [-0.2, 0) is 11.3 Å². The fraction of sp³-hybridized carbons (Fsp3) is 0.400. The van der Waals surface area contributed by atoms with Crippen LogP contribution in [0.2, 0.25) is 0 Å². The first-order valence-corrected chi connectivity index (χ1v) is 11.0. The fourth-order valence-corrected chi connectivity index (χ4v) is 3.98. The molecule has 1 aliphatic rings. The molecule has 1 unspecified atom stereocenters. The molecular weight excluding hydrogens is 402 g/mol. The molecule has 1 saturated heterocycles. The van der Waals surface area contributed by atoms with E-state index in [2.05, 4.69) is 22.0 Å². The number of fused-ring (bicyclic) bond motifs is 1. The lowest BCUT2D eigenvalue weighted by Crippen LogP contribution is -2.47. The van der Waals surface area contributed by atoms with E-state index < -0.39 is 5.60 Å². The molecule has 2 aromatic carbocycles. The molecule has 0 radical (unpaired) electrons. The predicted molar refractivity (Wildman–Crippen MR) is 124 cm³/mol. The molecule has 166 valence electrons. The van der Waals surface area contributed by atoms with Crippen LogP contribution >= 0.6 is 0 Å². The van der Waals surface area contributed by atoms with Gasteiger partial charge in [0.25, 0.3) is 0 Å². The second kappa shape index (κ2) is 8.91. The molecule has 4 rings (SSSR count). The molecule has 0 spiro atoms. The lowest BCUT2D eigenvalue weighted by atomic mass is 10.1. The summed E-state index contributed by atoms with van der Waals surface area (Å²) >= 11 is 0. The number of aromatic nitrogens is 2. The molecule has 7 nitrogen and oxygen atoms in total. The number of hydrogen-bond acceptors (Lipinski definition) is 5. The predicted octanol–water partition coefficient (Wildman–Crippen LogP) is 4.77. The number of benzene rings is 2. The van der Waals surface area contributed by atoms with Crippen molar-refractivity contribution in [3.8, 4) is 6.07 Å². The number of carbonyl (C=O) groups excluding carboxylic acids is 1. The minimum Gasteiger partial charge on any atom is -0.444 e. The van der Waals surface area contributed by atoms with Gasteiger partial charge in [-0.2, -0.15) is 5.26 Å². The Morgan fingerprint density at radius 3 is 2.69 bits per heavy atom. The maximum atomic E-state index is 12.5. The van der Waals surface area contributed by atoms with Crippen molar-refractivity contribution in [2.75, 3.05) is 18.4 Å². The Hall–Kier alpha value is -3.53. The van der Waals surface area contributed by atoms with E-state index in [4.69, 9.17) is 15.0 Å². The van der Waals surface area contributed by atoms with E-state index >= 15 is 0 Å². The van der Waals surface area contributed by atoms with Crippen LogP contribution in [0, 0.1) is 11.3 Å². The van der Waals surface area contributed by atoms with Crippen molar-refractivity contribution < 1.29 is 9.53 Å². The van der Waals surface area contributed by atoms with Crippen LogP contribution in [0.3, 0.4) is 0 Å². The molecule has 1 N–H and O–H groups in total. The van der Waals surface area contributed by atoms with Crippen molar-refractivity contribution in [1.29, 1.82) is 5.26 Å². The van der Waals surface area contributed by atoms with E-state index in [1.54, 1.807) is 4.90 Å². The van der Waals surface area contributed by atoms with Crippen LogP contribution in [0.5, 0.6) is 0 Å². The molecule has 0 bridgehead atoms. The van der Waals surface area contributed by atoms with Crippen LogP contribution in [-0.4, -0.2) is 45.3 Å². The Bertz CT molecular complexity index is 1140. The van der Waals surface area contributed by atoms with Gasteiger partial charge in [-0.1, -0.05) is 24.3 Å². The number of imidazole rings is 1. The van der Waals surface area contributed by atoms with Gasteiger partial charge in [0.15, 0.2) is 0 Å². The summed E-state index contributed by atoms with van der Waals surface area (Å²) in [5.74, 6) is 0.784. The highest BCUT2D eigenvalue weighted by Crippen LogP contribution is 2.24. The summed E-state index contributed by atoms with van der Waals surface area (Å²) in [6.45, 7) is 7.57. The molecule has 32 heavy (non-hydrogen) atoms. The molecular formula is C25H29N5O2. The van der Waals surface area contributed by atoms with Gasteiger partial charge in [-0.05, 0) is 63.4 Å². The van der Waals surface area contributed by atoms with Crippen LogP contribution < -0.4 is 5.32 Å². The third kappa shape index (κ3) is 5.02. The molecule has 3 aromatic rings. The Morgan fingerprint density at radius 2 is 1.97 bits per heavy atom. The molecule has 1 aromatic heterocycles. The van der Waals surface area contributed by atoms with Gasteiger partial charge in [-0.15, -0.1) is 0 Å². The monoisotopic (exact) mass is 431 g/mol. The Balaban J connectivity index is 1.55. The first kappa shape index (κ1) is 21.7. The summed E-state index contributed by atoms with van der Waals surface area (Å²) < 4.78 is 7.72. The normalized spacial score (nSPS) is 16.6. The highest BCUT2D eigenvalue weighted by atomic mass is 16.6. The first-order chi connectivity index (χ1) is 15.3. The van der Waals surface area contributed by atoms with Gasteiger partial charge in [-0.3, -0.25) is 0 Å². The highest BCUT2D eigenvalue weighted by molar-refractivity contribution is 5.79. The summed E-state index contributed by atoms with van der Waals surface area (Å²) in [5.41, 5.74) is 3.19. The SMILES string of the molecule is CC(C)(C)OC(=O)N1CCCC(Nc2nc3ccccc3n2Cc2ccc(C#N)cc2)C1. The van der Waals surface area contributed by atoms with Gasteiger partial charge >= 0.3 is 6.09 Å². The van der Waals surface area contributed by atoms with E-state index in [0.29, 0.717) is 25.2 Å². The molecule has 1 atom stereocenters. The maximum absolute atomic E-state index is 12.5. The van der Waals surface area contributed by atoms with Gasteiger partial charge in [0.2, 0.25) is 5.95 Å². The molecule has 1 aliphatic heterocycles. The van der Waals surface area contributed by atoms with Gasteiger partial charge in [0, 0.05) is 19.1 Å². The molecule has 1 fully saturated rings. The van der Waals surface area contributed by atoms with Gasteiger partial charge in [0.1, 0.15) is 5.60 Å². The number of nitrogens with one attached hydrogen (secondary N) is 1. The van der Waals surface area contributed by atoms with E-state index in [-0.39, 0.29) is 12.1 Å². The number of piperidine rings is 1. The minimum atomic E-state index is -0.507. The van der Waals surface area contributed by atoms with E-state index in [1.165, 1.54) is 0 Å². The molecule has 7 heteroatoms. The number of carbonyl (C=O) groups is 1. The number of anilines is 1. The summed E-state index contributed by atoms with van der Waals surface area (Å²) in [4.78, 5) is 19.2. The smallest absolute Gasteiger partial charge is 0.410 e. The number of amides is 1. The van der Waals surface area contributed by atoms with E-state index in [1.807, 2.05) is 63.2 Å². The van der Waals surface area contributed by atoms with Crippen LogP contribution in [0.1, 0.15) is 44.7 Å². The summed E-state index contributed by atoms with van der Waals surface area (Å²) in [6, 6.07) is 17.9. The minimum absolute atomic E-state index is 0.0906. The van der Waals surface area contributed by atoms with Gasteiger partial charge in [-0.25, -0.2) is 9.78 Å². The van der Waals surface area contributed by atoms with Gasteiger partial charge in [0.05, 0.1) is 29.2 Å². The molecule has 0 saturated carbocycles. The molecule has 1 amide bonds. The summed E-state index contributed by atoms with van der Waals surface area (Å²) in [5, 5.41) is 12.6. The quantitative estimate of drug-likeness (QED) is 0.643. The Kier molecular flexibility index (Phi) is 6.04. The maximum Gasteiger partial charge on any atom is 0.410 e. The zero-order valence-corrected chi connectivity index (χ0v) is 18.8. The number of nitrogens with zero attached hydrogens (tertiary/aromatic N) is 4. The second-order valence-electron chi connectivity index (χ2n) is 9.23. The summed E-state index contributed by atoms with van der Waals surface area (Å²) in [6.07, 6.45) is 1.60. The lowest BCUT2D eigenvalue weighted by Gasteiger charge is -2.34. The average Bonchev–Trinajstić information content (AvgIpc) is 3.10. The standard InChI is InChI=1S/C25H29N5O2/c1-25(2,3)32-24(31)29-14-6-7-20(17-29)27-23-28-21-8-4-5-9-22(21)30(23)16-19-12-10-18(15-26)11-13-19/h4-5,8-13,20H,6-7,14,16-17H2,1-3H3,(H,27,28). The molecule has 0 aliphatic carbocycles. The zero-order chi connectivity index (χ0) is 22.7. The number of para-hydroxylation sites is 2. The fourth-order valence-electron chi connectivity index (χ4n) is 3.98. The zero-order valence-electron chi connectivity index (χ0n) is 18.8. The van der Waals surface area contributed by atoms with Crippen molar-refractivity contribution in [1.82, 2.24) is 14.5 Å². The average molecular weight is 432 g/mol. The Morgan fingerprint density at radius 1 is 1.22 bits per heavy atom. The Labute approximate surface area is 188 Å². The van der Waals surface area contributed by atoms with Crippen LogP contribution in [0.4, 0.5) is 10.7 Å². The first-order valence-electron chi connectivity index (χ1n) is 11.0.